The molecular weight excluding hydrogens is 248 g/mol. The molecule has 0 aromatic heterocycles. The zero-order valence-electron chi connectivity index (χ0n) is 10.1. The minimum absolute atomic E-state index is 0.00954. The van der Waals surface area contributed by atoms with Crippen molar-refractivity contribution in [1.82, 2.24) is 0 Å². The Morgan fingerprint density at radius 2 is 1.89 bits per heavy atom. The third-order valence-electron chi connectivity index (χ3n) is 2.64. The van der Waals surface area contributed by atoms with Crippen LogP contribution in [0.5, 0.6) is 0 Å². The first kappa shape index (κ1) is 14.7. The van der Waals surface area contributed by atoms with Gasteiger partial charge in [0, 0.05) is 12.3 Å². The van der Waals surface area contributed by atoms with Crippen LogP contribution in [-0.2, 0) is 17.4 Å². The van der Waals surface area contributed by atoms with Gasteiger partial charge in [0.15, 0.2) is 0 Å². The van der Waals surface area contributed by atoms with Gasteiger partial charge in [0.05, 0.1) is 5.56 Å². The van der Waals surface area contributed by atoms with E-state index in [0.717, 1.165) is 6.07 Å². The second kappa shape index (κ2) is 5.50. The number of benzene rings is 1. The van der Waals surface area contributed by atoms with Crippen LogP contribution in [-0.4, -0.2) is 5.78 Å². The molecule has 1 aromatic rings. The van der Waals surface area contributed by atoms with Gasteiger partial charge in [-0.25, -0.2) is 4.39 Å². The van der Waals surface area contributed by atoms with Gasteiger partial charge in [-0.2, -0.15) is 13.2 Å². The third-order valence-corrected chi connectivity index (χ3v) is 2.64. The predicted molar refractivity (Wildman–Crippen MR) is 59.6 cm³/mol. The number of rotatable bonds is 4. The fourth-order valence-corrected chi connectivity index (χ4v) is 1.50. The van der Waals surface area contributed by atoms with E-state index in [1.54, 1.807) is 13.8 Å². The van der Waals surface area contributed by atoms with Crippen LogP contribution >= 0.6 is 0 Å². The Labute approximate surface area is 103 Å². The van der Waals surface area contributed by atoms with E-state index < -0.39 is 17.6 Å². The monoisotopic (exact) mass is 262 g/mol. The largest absolute Gasteiger partial charge is 0.419 e. The summed E-state index contributed by atoms with van der Waals surface area (Å²) in [6.45, 7) is 3.49. The molecule has 0 N–H and O–H groups in total. The summed E-state index contributed by atoms with van der Waals surface area (Å²) in [7, 11) is 0. The standard InChI is InChI=1S/C13H14F4O/c1-8(2)12(18)6-4-9-3-5-10(11(14)7-9)13(15,16)17/h3,5,7-8H,4,6H2,1-2H3. The number of carbonyl (C=O) groups is 1. The molecule has 0 heterocycles. The Balaban J connectivity index is 2.77. The highest BCUT2D eigenvalue weighted by atomic mass is 19.4. The smallest absolute Gasteiger partial charge is 0.299 e. The zero-order valence-corrected chi connectivity index (χ0v) is 10.1. The lowest BCUT2D eigenvalue weighted by Crippen LogP contribution is -2.10. The van der Waals surface area contributed by atoms with E-state index in [2.05, 4.69) is 0 Å². The summed E-state index contributed by atoms with van der Waals surface area (Å²) in [5, 5.41) is 0. The van der Waals surface area contributed by atoms with Crippen molar-refractivity contribution in [2.24, 2.45) is 5.92 Å². The quantitative estimate of drug-likeness (QED) is 0.749. The van der Waals surface area contributed by atoms with E-state index in [0.29, 0.717) is 11.6 Å². The second-order valence-corrected chi connectivity index (χ2v) is 4.43. The van der Waals surface area contributed by atoms with Gasteiger partial charge < -0.3 is 0 Å². The van der Waals surface area contributed by atoms with Crippen LogP contribution in [0.4, 0.5) is 17.6 Å². The molecule has 0 aliphatic carbocycles. The molecule has 0 saturated heterocycles. The van der Waals surface area contributed by atoms with Gasteiger partial charge >= 0.3 is 6.18 Å². The van der Waals surface area contributed by atoms with Crippen molar-refractivity contribution in [2.45, 2.75) is 32.9 Å². The lowest BCUT2D eigenvalue weighted by Gasteiger charge is -2.09. The highest BCUT2D eigenvalue weighted by molar-refractivity contribution is 5.80. The molecule has 0 bridgehead atoms. The van der Waals surface area contributed by atoms with E-state index in [9.17, 15) is 22.4 Å². The number of alkyl halides is 3. The molecule has 0 unspecified atom stereocenters. The molecule has 0 aliphatic rings. The van der Waals surface area contributed by atoms with Gasteiger partial charge in [-0.15, -0.1) is 0 Å². The van der Waals surface area contributed by atoms with Crippen molar-refractivity contribution >= 4 is 5.78 Å². The molecule has 18 heavy (non-hydrogen) atoms. The molecule has 0 radical (unpaired) electrons. The highest BCUT2D eigenvalue weighted by Crippen LogP contribution is 2.31. The first-order valence-electron chi connectivity index (χ1n) is 5.60. The highest BCUT2D eigenvalue weighted by Gasteiger charge is 2.33. The van der Waals surface area contributed by atoms with Crippen molar-refractivity contribution in [2.75, 3.05) is 0 Å². The topological polar surface area (TPSA) is 17.1 Å². The van der Waals surface area contributed by atoms with E-state index in [1.165, 1.54) is 6.07 Å². The molecular formula is C13H14F4O. The molecule has 0 spiro atoms. The maximum atomic E-state index is 13.2. The molecule has 0 aliphatic heterocycles. The Bertz CT molecular complexity index is 435. The SMILES string of the molecule is CC(C)C(=O)CCc1ccc(C(F)(F)F)c(F)c1. The predicted octanol–water partition coefficient (Wildman–Crippen LogP) is 4.00. The number of ketones is 1. The molecule has 1 aromatic carbocycles. The molecule has 1 rings (SSSR count). The van der Waals surface area contributed by atoms with Gasteiger partial charge in [0.1, 0.15) is 11.6 Å². The number of aryl methyl sites for hydroxylation is 1. The summed E-state index contributed by atoms with van der Waals surface area (Å²) >= 11 is 0. The number of hydrogen-bond donors (Lipinski definition) is 0. The number of halogens is 4. The summed E-state index contributed by atoms with van der Waals surface area (Å²) in [6.07, 6.45) is -4.22. The lowest BCUT2D eigenvalue weighted by molar-refractivity contribution is -0.140. The minimum atomic E-state index is -4.68. The molecule has 100 valence electrons. The van der Waals surface area contributed by atoms with E-state index in [4.69, 9.17) is 0 Å². The van der Waals surface area contributed by atoms with Crippen molar-refractivity contribution < 1.29 is 22.4 Å². The molecule has 0 amide bonds. The Morgan fingerprint density at radius 3 is 2.33 bits per heavy atom. The average molecular weight is 262 g/mol. The second-order valence-electron chi connectivity index (χ2n) is 4.43. The van der Waals surface area contributed by atoms with Crippen LogP contribution in [0.2, 0.25) is 0 Å². The summed E-state index contributed by atoms with van der Waals surface area (Å²) in [6, 6.07) is 2.76. The van der Waals surface area contributed by atoms with Crippen LogP contribution in [0.1, 0.15) is 31.4 Å². The number of carbonyl (C=O) groups excluding carboxylic acids is 1. The first-order chi connectivity index (χ1) is 8.21. The maximum Gasteiger partial charge on any atom is 0.419 e. The van der Waals surface area contributed by atoms with E-state index >= 15 is 0 Å². The van der Waals surface area contributed by atoms with E-state index in [-0.39, 0.29) is 24.5 Å². The summed E-state index contributed by atoms with van der Waals surface area (Å²) in [5.74, 6) is -1.41. The number of Topliss-reactive ketones (excluding diaryl/α,β-unsaturated/α-hetero) is 1. The Kier molecular flexibility index (Phi) is 4.48. The zero-order chi connectivity index (χ0) is 13.9. The molecule has 0 saturated carbocycles. The van der Waals surface area contributed by atoms with Crippen molar-refractivity contribution in [3.63, 3.8) is 0 Å². The first-order valence-corrected chi connectivity index (χ1v) is 5.60. The van der Waals surface area contributed by atoms with Crippen molar-refractivity contribution in [3.05, 3.63) is 35.1 Å². The van der Waals surface area contributed by atoms with Crippen LogP contribution in [0.3, 0.4) is 0 Å². The fraction of sp³-hybridized carbons (Fsp3) is 0.462. The Morgan fingerprint density at radius 1 is 1.28 bits per heavy atom. The maximum absolute atomic E-state index is 13.2. The van der Waals surface area contributed by atoms with E-state index in [1.807, 2.05) is 0 Å². The van der Waals surface area contributed by atoms with Gasteiger partial charge in [-0.05, 0) is 24.1 Å². The number of hydrogen-bond acceptors (Lipinski definition) is 1. The van der Waals surface area contributed by atoms with Gasteiger partial charge in [-0.1, -0.05) is 19.9 Å². The lowest BCUT2D eigenvalue weighted by atomic mass is 10.00. The minimum Gasteiger partial charge on any atom is -0.299 e. The summed E-state index contributed by atoms with van der Waals surface area (Å²) in [4.78, 5) is 11.4. The van der Waals surface area contributed by atoms with Crippen LogP contribution in [0, 0.1) is 11.7 Å². The van der Waals surface area contributed by atoms with Gasteiger partial charge in [0.25, 0.3) is 0 Å². The normalized spacial score (nSPS) is 11.9. The third kappa shape index (κ3) is 3.82. The van der Waals surface area contributed by atoms with Crippen LogP contribution < -0.4 is 0 Å². The molecule has 0 atom stereocenters. The molecule has 5 heteroatoms. The Hall–Kier alpha value is -1.39. The van der Waals surface area contributed by atoms with Gasteiger partial charge in [0.2, 0.25) is 0 Å². The molecule has 0 fully saturated rings. The van der Waals surface area contributed by atoms with Crippen molar-refractivity contribution in [1.29, 1.82) is 0 Å². The summed E-state index contributed by atoms with van der Waals surface area (Å²) in [5.41, 5.74) is -0.879. The van der Waals surface area contributed by atoms with Crippen LogP contribution in [0.25, 0.3) is 0 Å². The average Bonchev–Trinajstić information content (AvgIpc) is 2.23. The summed E-state index contributed by atoms with van der Waals surface area (Å²) < 4.78 is 50.1. The van der Waals surface area contributed by atoms with Gasteiger partial charge in [-0.3, -0.25) is 4.79 Å². The fourth-order valence-electron chi connectivity index (χ4n) is 1.50. The van der Waals surface area contributed by atoms with Crippen molar-refractivity contribution in [3.8, 4) is 0 Å². The molecule has 1 nitrogen and oxygen atoms in total. The van der Waals surface area contributed by atoms with Crippen LogP contribution in [0.15, 0.2) is 18.2 Å².